The molecule has 1 aliphatic heterocycles. The minimum absolute atomic E-state index is 0.0408. The number of anilines is 1. The lowest BCUT2D eigenvalue weighted by Gasteiger charge is -2.31. The molecule has 0 spiro atoms. The zero-order valence-corrected chi connectivity index (χ0v) is 17.1. The van der Waals surface area contributed by atoms with E-state index in [1.54, 1.807) is 43.5 Å². The van der Waals surface area contributed by atoms with Crippen molar-refractivity contribution in [2.24, 2.45) is 5.92 Å². The zero-order chi connectivity index (χ0) is 20.8. The summed E-state index contributed by atoms with van der Waals surface area (Å²) in [5.41, 5.74) is 1.65. The van der Waals surface area contributed by atoms with Gasteiger partial charge in [0.15, 0.2) is 0 Å². The molecule has 0 atom stereocenters. The van der Waals surface area contributed by atoms with E-state index in [-0.39, 0.29) is 17.7 Å². The van der Waals surface area contributed by atoms with E-state index in [0.29, 0.717) is 48.8 Å². The number of ether oxygens (including phenoxy) is 2. The van der Waals surface area contributed by atoms with Crippen LogP contribution in [0.3, 0.4) is 0 Å². The Hall–Kier alpha value is -3.09. The fourth-order valence-electron chi connectivity index (χ4n) is 3.45. The van der Waals surface area contributed by atoms with Gasteiger partial charge in [-0.2, -0.15) is 0 Å². The van der Waals surface area contributed by atoms with Crippen LogP contribution in [0.4, 0.5) is 5.82 Å². The van der Waals surface area contributed by atoms with Crippen LogP contribution in [0.2, 0.25) is 0 Å². The van der Waals surface area contributed by atoms with E-state index in [2.05, 4.69) is 17.2 Å². The van der Waals surface area contributed by atoms with Crippen LogP contribution in [-0.2, 0) is 11.2 Å². The molecule has 0 unspecified atom stereocenters. The van der Waals surface area contributed by atoms with Crippen LogP contribution in [0.25, 0.3) is 0 Å². The highest BCUT2D eigenvalue weighted by molar-refractivity contribution is 5.96. The van der Waals surface area contributed by atoms with Crippen molar-refractivity contribution in [3.8, 4) is 11.5 Å². The summed E-state index contributed by atoms with van der Waals surface area (Å²) >= 11 is 0. The molecule has 7 heteroatoms. The quantitative estimate of drug-likeness (QED) is 0.810. The largest absolute Gasteiger partial charge is 0.497 e. The number of likely N-dealkylation sites (tertiary alicyclic amines) is 1. The minimum atomic E-state index is -0.133. The molecule has 0 radical (unpaired) electrons. The first kappa shape index (κ1) is 20.6. The fraction of sp³-hybridized carbons (Fsp3) is 0.409. The lowest BCUT2D eigenvalue weighted by molar-refractivity contribution is -0.121. The van der Waals surface area contributed by atoms with Crippen molar-refractivity contribution < 1.29 is 19.1 Å². The van der Waals surface area contributed by atoms with Gasteiger partial charge in [0.05, 0.1) is 14.2 Å². The van der Waals surface area contributed by atoms with Gasteiger partial charge in [-0.1, -0.05) is 6.92 Å². The smallest absolute Gasteiger partial charge is 0.254 e. The Labute approximate surface area is 171 Å². The first-order valence-electron chi connectivity index (χ1n) is 9.82. The molecule has 0 bridgehead atoms. The van der Waals surface area contributed by atoms with Gasteiger partial charge in [0.2, 0.25) is 5.91 Å². The van der Waals surface area contributed by atoms with E-state index in [0.717, 1.165) is 12.0 Å². The topological polar surface area (TPSA) is 80.8 Å². The Morgan fingerprint density at radius 3 is 2.34 bits per heavy atom. The highest BCUT2D eigenvalue weighted by atomic mass is 16.5. The maximum Gasteiger partial charge on any atom is 0.254 e. The standard InChI is InChI=1S/C22H27N3O4/c1-4-15-5-8-23-20(11-15)24-21(26)16-6-9-25(10-7-16)22(27)17-12-18(28-2)14-19(13-17)29-3/h5,8,11-14,16H,4,6-7,9-10H2,1-3H3,(H,23,24,26). The molecule has 7 nitrogen and oxygen atoms in total. The van der Waals surface area contributed by atoms with Gasteiger partial charge in [0.1, 0.15) is 17.3 Å². The summed E-state index contributed by atoms with van der Waals surface area (Å²) in [5, 5.41) is 2.91. The van der Waals surface area contributed by atoms with Gasteiger partial charge >= 0.3 is 0 Å². The van der Waals surface area contributed by atoms with Gasteiger partial charge in [0, 0.05) is 36.8 Å². The molecular weight excluding hydrogens is 370 g/mol. The molecule has 1 saturated heterocycles. The molecule has 1 aliphatic rings. The number of hydrogen-bond donors (Lipinski definition) is 1. The third-order valence-corrected chi connectivity index (χ3v) is 5.24. The number of pyridine rings is 1. The number of carbonyl (C=O) groups excluding carboxylic acids is 2. The Balaban J connectivity index is 1.59. The van der Waals surface area contributed by atoms with Gasteiger partial charge in [-0.05, 0) is 49.1 Å². The summed E-state index contributed by atoms with van der Waals surface area (Å²) in [4.78, 5) is 31.5. The van der Waals surface area contributed by atoms with Crippen molar-refractivity contribution >= 4 is 17.6 Å². The molecule has 1 aromatic heterocycles. The van der Waals surface area contributed by atoms with Crippen molar-refractivity contribution in [3.63, 3.8) is 0 Å². The average Bonchev–Trinajstić information content (AvgIpc) is 2.78. The van der Waals surface area contributed by atoms with Crippen LogP contribution in [0, 0.1) is 5.92 Å². The molecular formula is C22H27N3O4. The van der Waals surface area contributed by atoms with E-state index in [4.69, 9.17) is 9.47 Å². The first-order chi connectivity index (χ1) is 14.0. The van der Waals surface area contributed by atoms with Gasteiger partial charge in [-0.25, -0.2) is 4.98 Å². The number of amides is 2. The average molecular weight is 397 g/mol. The number of nitrogens with one attached hydrogen (secondary N) is 1. The van der Waals surface area contributed by atoms with Crippen molar-refractivity contribution in [1.29, 1.82) is 0 Å². The number of piperidine rings is 1. The number of methoxy groups -OCH3 is 2. The summed E-state index contributed by atoms with van der Waals surface area (Å²) in [7, 11) is 3.11. The van der Waals surface area contributed by atoms with Crippen LogP contribution in [0.1, 0.15) is 35.7 Å². The molecule has 1 fully saturated rings. The third-order valence-electron chi connectivity index (χ3n) is 5.24. The summed E-state index contributed by atoms with van der Waals surface area (Å²) in [5.74, 6) is 1.47. The van der Waals surface area contributed by atoms with Crippen LogP contribution in [0.15, 0.2) is 36.5 Å². The zero-order valence-electron chi connectivity index (χ0n) is 17.1. The highest BCUT2D eigenvalue weighted by Crippen LogP contribution is 2.26. The number of carbonyl (C=O) groups is 2. The predicted molar refractivity (Wildman–Crippen MR) is 110 cm³/mol. The lowest BCUT2D eigenvalue weighted by Crippen LogP contribution is -2.41. The Kier molecular flexibility index (Phi) is 6.69. The second-order valence-corrected chi connectivity index (χ2v) is 7.06. The first-order valence-corrected chi connectivity index (χ1v) is 9.82. The monoisotopic (exact) mass is 397 g/mol. The van der Waals surface area contributed by atoms with Crippen LogP contribution in [-0.4, -0.2) is 49.0 Å². The molecule has 29 heavy (non-hydrogen) atoms. The molecule has 0 aliphatic carbocycles. The molecule has 2 amide bonds. The van der Waals surface area contributed by atoms with Crippen molar-refractivity contribution in [2.75, 3.05) is 32.6 Å². The van der Waals surface area contributed by atoms with Crippen molar-refractivity contribution in [3.05, 3.63) is 47.7 Å². The molecule has 3 rings (SSSR count). The fourth-order valence-corrected chi connectivity index (χ4v) is 3.45. The van der Waals surface area contributed by atoms with Gasteiger partial charge in [-0.3, -0.25) is 9.59 Å². The number of nitrogens with zero attached hydrogens (tertiary/aromatic N) is 2. The third kappa shape index (κ3) is 5.04. The number of aromatic nitrogens is 1. The molecule has 2 aromatic rings. The lowest BCUT2D eigenvalue weighted by atomic mass is 9.95. The number of hydrogen-bond acceptors (Lipinski definition) is 5. The van der Waals surface area contributed by atoms with Crippen LogP contribution >= 0.6 is 0 Å². The second-order valence-electron chi connectivity index (χ2n) is 7.06. The number of rotatable bonds is 6. The Morgan fingerprint density at radius 2 is 1.76 bits per heavy atom. The highest BCUT2D eigenvalue weighted by Gasteiger charge is 2.28. The molecule has 1 aromatic carbocycles. The molecule has 1 N–H and O–H groups in total. The van der Waals surface area contributed by atoms with Crippen LogP contribution in [0.5, 0.6) is 11.5 Å². The Morgan fingerprint density at radius 1 is 1.10 bits per heavy atom. The maximum absolute atomic E-state index is 12.9. The number of benzene rings is 1. The number of aryl methyl sites for hydroxylation is 1. The minimum Gasteiger partial charge on any atom is -0.497 e. The summed E-state index contributed by atoms with van der Waals surface area (Å²) in [6.45, 7) is 3.11. The van der Waals surface area contributed by atoms with E-state index >= 15 is 0 Å². The van der Waals surface area contributed by atoms with E-state index < -0.39 is 0 Å². The van der Waals surface area contributed by atoms with Crippen LogP contribution < -0.4 is 14.8 Å². The molecule has 2 heterocycles. The van der Waals surface area contributed by atoms with Crippen molar-refractivity contribution in [1.82, 2.24) is 9.88 Å². The predicted octanol–water partition coefficient (Wildman–Crippen LogP) is 3.15. The summed E-state index contributed by atoms with van der Waals surface area (Å²) < 4.78 is 10.5. The normalized spacial score (nSPS) is 14.4. The van der Waals surface area contributed by atoms with Gasteiger partial charge in [-0.15, -0.1) is 0 Å². The van der Waals surface area contributed by atoms with Gasteiger partial charge < -0.3 is 19.7 Å². The van der Waals surface area contributed by atoms with E-state index in [1.165, 1.54) is 0 Å². The SMILES string of the molecule is CCc1ccnc(NC(=O)C2CCN(C(=O)c3cc(OC)cc(OC)c3)CC2)c1. The molecule has 154 valence electrons. The van der Waals surface area contributed by atoms with Gasteiger partial charge in [0.25, 0.3) is 5.91 Å². The van der Waals surface area contributed by atoms with Crippen molar-refractivity contribution in [2.45, 2.75) is 26.2 Å². The molecule has 0 saturated carbocycles. The Bertz CT molecular complexity index is 854. The summed E-state index contributed by atoms with van der Waals surface area (Å²) in [6, 6.07) is 8.97. The maximum atomic E-state index is 12.9. The second kappa shape index (κ2) is 9.41. The summed E-state index contributed by atoms with van der Waals surface area (Å²) in [6.07, 6.45) is 3.83. The van der Waals surface area contributed by atoms with E-state index in [9.17, 15) is 9.59 Å². The van der Waals surface area contributed by atoms with E-state index in [1.807, 2.05) is 12.1 Å².